The van der Waals surface area contributed by atoms with Gasteiger partial charge in [0.25, 0.3) is 0 Å². The minimum Gasteiger partial charge on any atom is -0.315 e. The predicted octanol–water partition coefficient (Wildman–Crippen LogP) is 3.38. The van der Waals surface area contributed by atoms with Crippen LogP contribution in [0.15, 0.2) is 0 Å². The molecule has 0 saturated heterocycles. The van der Waals surface area contributed by atoms with Crippen molar-refractivity contribution in [2.75, 3.05) is 6.54 Å². The van der Waals surface area contributed by atoms with E-state index >= 15 is 0 Å². The summed E-state index contributed by atoms with van der Waals surface area (Å²) in [7, 11) is 0. The van der Waals surface area contributed by atoms with Crippen LogP contribution in [0.1, 0.15) is 68.2 Å². The van der Waals surface area contributed by atoms with Gasteiger partial charge in [0.15, 0.2) is 5.78 Å². The molecular formula is C16H36N2O. The summed E-state index contributed by atoms with van der Waals surface area (Å²) in [5.41, 5.74) is 0. The average Bonchev–Trinajstić information content (AvgIpc) is 2.24. The summed E-state index contributed by atoms with van der Waals surface area (Å²) in [6, 6.07) is 0.947. The highest BCUT2D eigenvalue weighted by Crippen LogP contribution is 2.08. The lowest BCUT2D eigenvalue weighted by Crippen LogP contribution is -2.42. The van der Waals surface area contributed by atoms with Crippen LogP contribution in [-0.2, 0) is 4.79 Å². The molecule has 2 N–H and O–H groups in total. The Balaban J connectivity index is 0. The summed E-state index contributed by atoms with van der Waals surface area (Å²) in [5, 5.41) is 6.80. The molecule has 0 heterocycles. The van der Waals surface area contributed by atoms with Gasteiger partial charge in [-0.1, -0.05) is 55.4 Å². The van der Waals surface area contributed by atoms with Crippen LogP contribution in [0.2, 0.25) is 0 Å². The summed E-state index contributed by atoms with van der Waals surface area (Å²) in [4.78, 5) is 12.1. The molecular weight excluding hydrogens is 236 g/mol. The molecule has 0 aliphatic heterocycles. The van der Waals surface area contributed by atoms with Gasteiger partial charge in [-0.3, -0.25) is 4.79 Å². The number of nitrogens with one attached hydrogen (secondary N) is 2. The maximum atomic E-state index is 12.1. The zero-order valence-electron chi connectivity index (χ0n) is 13.0. The monoisotopic (exact) mass is 272 g/mol. The lowest BCUT2D eigenvalue weighted by atomic mass is 9.96. The molecule has 0 aromatic rings. The quantitative estimate of drug-likeness (QED) is 0.599. The molecule has 0 aliphatic rings. The second kappa shape index (κ2) is 11.4. The Labute approximate surface area is 120 Å². The van der Waals surface area contributed by atoms with Crippen LogP contribution in [0.25, 0.3) is 0 Å². The Bertz CT molecular complexity index is 225. The zero-order chi connectivity index (χ0) is 14.1. The smallest absolute Gasteiger partial charge is 0.152 e. The van der Waals surface area contributed by atoms with E-state index in [1.807, 2.05) is 13.8 Å². The molecule has 1 atom stereocenters. The van der Waals surface area contributed by atoms with Gasteiger partial charge < -0.3 is 10.6 Å². The van der Waals surface area contributed by atoms with Gasteiger partial charge in [0, 0.05) is 18.0 Å². The van der Waals surface area contributed by atoms with Crippen LogP contribution in [0, 0.1) is 5.92 Å². The first-order chi connectivity index (χ1) is 8.34. The molecule has 0 aromatic carbocycles. The van der Waals surface area contributed by atoms with E-state index in [4.69, 9.17) is 0 Å². The minimum atomic E-state index is 0. The fourth-order valence-electron chi connectivity index (χ4n) is 1.98. The molecule has 0 amide bonds. The van der Waals surface area contributed by atoms with Gasteiger partial charge in [0.05, 0.1) is 6.04 Å². The van der Waals surface area contributed by atoms with Crippen LogP contribution in [0.4, 0.5) is 0 Å². The first-order valence-electron chi connectivity index (χ1n) is 7.37. The van der Waals surface area contributed by atoms with E-state index in [9.17, 15) is 4.79 Å². The molecule has 0 bridgehead atoms. The number of hydrogen-bond acceptors (Lipinski definition) is 3. The van der Waals surface area contributed by atoms with Crippen LogP contribution < -0.4 is 10.6 Å². The number of hydrogen-bond donors (Lipinski definition) is 2. The highest BCUT2D eigenvalue weighted by Gasteiger charge is 2.20. The van der Waals surface area contributed by atoms with Crippen molar-refractivity contribution in [2.24, 2.45) is 5.92 Å². The molecule has 0 spiro atoms. The third kappa shape index (κ3) is 11.1. The van der Waals surface area contributed by atoms with E-state index in [2.05, 4.69) is 38.3 Å². The van der Waals surface area contributed by atoms with Crippen molar-refractivity contribution in [1.29, 1.82) is 0 Å². The van der Waals surface area contributed by atoms with E-state index in [-0.39, 0.29) is 19.4 Å². The number of rotatable bonds is 10. The Morgan fingerprint density at radius 1 is 0.947 bits per heavy atom. The number of carbonyl (C=O) groups is 1. The van der Waals surface area contributed by atoms with Crippen LogP contribution in [0.5, 0.6) is 0 Å². The second-order valence-electron chi connectivity index (χ2n) is 6.04. The van der Waals surface area contributed by atoms with Crippen molar-refractivity contribution in [3.63, 3.8) is 0 Å². The molecule has 3 heteroatoms. The van der Waals surface area contributed by atoms with Gasteiger partial charge >= 0.3 is 0 Å². The maximum absolute atomic E-state index is 12.1. The molecule has 1 unspecified atom stereocenters. The van der Waals surface area contributed by atoms with Crippen LogP contribution >= 0.6 is 0 Å². The van der Waals surface area contributed by atoms with Gasteiger partial charge in [-0.05, 0) is 19.4 Å². The number of ketones is 1. The zero-order valence-corrected chi connectivity index (χ0v) is 13.0. The predicted molar refractivity (Wildman–Crippen MR) is 85.6 cm³/mol. The van der Waals surface area contributed by atoms with Gasteiger partial charge in [-0.15, -0.1) is 0 Å². The third-order valence-corrected chi connectivity index (χ3v) is 2.92. The normalized spacial score (nSPS) is 12.9. The molecule has 0 fully saturated rings. The van der Waals surface area contributed by atoms with E-state index in [1.165, 1.54) is 0 Å². The second-order valence-corrected chi connectivity index (χ2v) is 6.04. The van der Waals surface area contributed by atoms with E-state index in [0.717, 1.165) is 25.8 Å². The number of unbranched alkanes of at least 4 members (excludes halogenated alkanes) is 1. The standard InChI is InChI=1S/C15H32N2O.CH4/c1-11(2)15(18)14(17-13(5)6)9-7-8-10-16-12(3)4;/h11-14,16-17H,7-10H2,1-6H3;1H4. The van der Waals surface area contributed by atoms with Gasteiger partial charge in [-0.25, -0.2) is 0 Å². The molecule has 0 saturated carbocycles. The lowest BCUT2D eigenvalue weighted by Gasteiger charge is -2.22. The Kier molecular flexibility index (Phi) is 12.6. The molecule has 0 rings (SSSR count). The fourth-order valence-corrected chi connectivity index (χ4v) is 1.98. The first kappa shape index (κ1) is 20.9. The SMILES string of the molecule is C.CC(C)NCCCCC(NC(C)C)C(=O)C(C)C. The summed E-state index contributed by atoms with van der Waals surface area (Å²) >= 11 is 0. The number of Topliss-reactive ketones (excluding diaryl/α,β-unsaturated/α-hetero) is 1. The molecule has 3 nitrogen and oxygen atoms in total. The molecule has 0 aliphatic carbocycles. The van der Waals surface area contributed by atoms with Crippen molar-refractivity contribution in [2.45, 2.75) is 86.4 Å². The highest BCUT2D eigenvalue weighted by atomic mass is 16.1. The summed E-state index contributed by atoms with van der Waals surface area (Å²) < 4.78 is 0. The van der Waals surface area contributed by atoms with Crippen molar-refractivity contribution in [1.82, 2.24) is 10.6 Å². The van der Waals surface area contributed by atoms with Crippen molar-refractivity contribution >= 4 is 5.78 Å². The van der Waals surface area contributed by atoms with Crippen LogP contribution in [0.3, 0.4) is 0 Å². The largest absolute Gasteiger partial charge is 0.315 e. The molecule has 0 radical (unpaired) electrons. The van der Waals surface area contributed by atoms with E-state index in [0.29, 0.717) is 17.9 Å². The van der Waals surface area contributed by atoms with Crippen molar-refractivity contribution < 1.29 is 4.79 Å². The molecule has 116 valence electrons. The Morgan fingerprint density at radius 3 is 1.95 bits per heavy atom. The summed E-state index contributed by atoms with van der Waals surface area (Å²) in [5.74, 6) is 0.468. The van der Waals surface area contributed by atoms with Gasteiger partial charge in [0.1, 0.15) is 0 Å². The maximum Gasteiger partial charge on any atom is 0.152 e. The van der Waals surface area contributed by atoms with Gasteiger partial charge in [-0.2, -0.15) is 0 Å². The Hall–Kier alpha value is -0.410. The van der Waals surface area contributed by atoms with Crippen LogP contribution in [-0.4, -0.2) is 30.5 Å². The summed E-state index contributed by atoms with van der Waals surface area (Å²) in [6.45, 7) is 13.5. The van der Waals surface area contributed by atoms with Gasteiger partial charge in [0.2, 0.25) is 0 Å². The average molecular weight is 272 g/mol. The Morgan fingerprint density at radius 2 is 1.53 bits per heavy atom. The minimum absolute atomic E-state index is 0. The van der Waals surface area contributed by atoms with Crippen molar-refractivity contribution in [3.05, 3.63) is 0 Å². The number of carbonyl (C=O) groups excluding carboxylic acids is 1. The lowest BCUT2D eigenvalue weighted by molar-refractivity contribution is -0.124. The molecule has 19 heavy (non-hydrogen) atoms. The summed E-state index contributed by atoms with van der Waals surface area (Å²) in [6.07, 6.45) is 3.19. The fraction of sp³-hybridized carbons (Fsp3) is 0.938. The molecule has 0 aromatic heterocycles. The van der Waals surface area contributed by atoms with E-state index in [1.54, 1.807) is 0 Å². The van der Waals surface area contributed by atoms with Crippen molar-refractivity contribution in [3.8, 4) is 0 Å². The van der Waals surface area contributed by atoms with E-state index < -0.39 is 0 Å². The topological polar surface area (TPSA) is 41.1 Å². The third-order valence-electron chi connectivity index (χ3n) is 2.92. The first-order valence-corrected chi connectivity index (χ1v) is 7.37. The highest BCUT2D eigenvalue weighted by molar-refractivity contribution is 5.85.